The van der Waals surface area contributed by atoms with Crippen LogP contribution < -0.4 is 10.1 Å². The van der Waals surface area contributed by atoms with E-state index < -0.39 is 5.97 Å². The first-order valence-corrected chi connectivity index (χ1v) is 9.77. The average Bonchev–Trinajstić information content (AvgIpc) is 3.28. The van der Waals surface area contributed by atoms with Crippen molar-refractivity contribution in [3.8, 4) is 11.6 Å². The molecule has 0 radical (unpaired) electrons. The summed E-state index contributed by atoms with van der Waals surface area (Å²) in [7, 11) is 1.59. The van der Waals surface area contributed by atoms with Crippen LogP contribution in [0, 0.1) is 6.92 Å². The fraction of sp³-hybridized carbons (Fsp3) is 0.200. The molecule has 0 atom stereocenters. The van der Waals surface area contributed by atoms with Gasteiger partial charge in [-0.2, -0.15) is 0 Å². The number of amides is 1. The highest BCUT2D eigenvalue weighted by atomic mass is 32.1. The average molecular weight is 410 g/mol. The van der Waals surface area contributed by atoms with E-state index >= 15 is 0 Å². The van der Waals surface area contributed by atoms with Crippen LogP contribution in [0.5, 0.6) is 11.6 Å². The number of thiophene rings is 1. The predicted molar refractivity (Wildman–Crippen MR) is 110 cm³/mol. The van der Waals surface area contributed by atoms with Gasteiger partial charge in [-0.1, -0.05) is 0 Å². The molecule has 148 valence electrons. The van der Waals surface area contributed by atoms with Gasteiger partial charge in [-0.25, -0.2) is 19.6 Å². The molecule has 3 aromatic heterocycles. The van der Waals surface area contributed by atoms with Crippen molar-refractivity contribution in [3.63, 3.8) is 0 Å². The summed E-state index contributed by atoms with van der Waals surface area (Å²) in [5.41, 5.74) is 1.60. The van der Waals surface area contributed by atoms with Crippen molar-refractivity contribution in [2.75, 3.05) is 13.7 Å². The second-order valence-electron chi connectivity index (χ2n) is 6.23. The number of carbonyl (C=O) groups is 2. The monoisotopic (exact) mass is 410 g/mol. The lowest BCUT2D eigenvalue weighted by molar-refractivity contribution is 0.0532. The van der Waals surface area contributed by atoms with Crippen molar-refractivity contribution in [3.05, 3.63) is 47.2 Å². The van der Waals surface area contributed by atoms with E-state index in [2.05, 4.69) is 15.3 Å². The minimum Gasteiger partial charge on any atom is -0.462 e. The first-order chi connectivity index (χ1) is 14.0. The number of aromatic nitrogens is 3. The van der Waals surface area contributed by atoms with Gasteiger partial charge in [0.1, 0.15) is 21.8 Å². The van der Waals surface area contributed by atoms with Crippen LogP contribution >= 0.6 is 11.3 Å². The maximum absolute atomic E-state index is 12.1. The summed E-state index contributed by atoms with van der Waals surface area (Å²) in [5.74, 6) is 0.521. The predicted octanol–water partition coefficient (Wildman–Crippen LogP) is 4.11. The van der Waals surface area contributed by atoms with Crippen molar-refractivity contribution >= 4 is 44.5 Å². The molecular weight excluding hydrogens is 392 g/mol. The van der Waals surface area contributed by atoms with E-state index in [4.69, 9.17) is 9.47 Å². The summed E-state index contributed by atoms with van der Waals surface area (Å²) in [6, 6.07) is 8.83. The lowest BCUT2D eigenvalue weighted by Crippen LogP contribution is -2.25. The Bertz CT molecular complexity index is 1240. The minimum absolute atomic E-state index is 0.201. The van der Waals surface area contributed by atoms with Gasteiger partial charge in [0.15, 0.2) is 0 Å². The second-order valence-corrected chi connectivity index (χ2v) is 7.26. The summed E-state index contributed by atoms with van der Waals surface area (Å²) in [6.45, 7) is 3.93. The molecule has 1 aromatic carbocycles. The Hall–Kier alpha value is -3.46. The first kappa shape index (κ1) is 18.9. The molecule has 1 amide bonds. The van der Waals surface area contributed by atoms with E-state index in [1.165, 1.54) is 17.7 Å². The molecule has 0 bridgehead atoms. The number of ether oxygens (including phenoxy) is 2. The van der Waals surface area contributed by atoms with Crippen molar-refractivity contribution in [1.29, 1.82) is 0 Å². The van der Waals surface area contributed by atoms with Gasteiger partial charge in [0.05, 0.1) is 17.5 Å². The summed E-state index contributed by atoms with van der Waals surface area (Å²) in [6.07, 6.45) is 1.40. The number of nitrogens with zero attached hydrogens (tertiary/aromatic N) is 3. The molecule has 4 rings (SSSR count). The zero-order chi connectivity index (χ0) is 20.5. The molecule has 9 heteroatoms. The van der Waals surface area contributed by atoms with Crippen LogP contribution in [0.1, 0.15) is 22.3 Å². The molecular formula is C20H18N4O4S. The van der Waals surface area contributed by atoms with E-state index in [1.54, 1.807) is 30.7 Å². The number of esters is 1. The van der Waals surface area contributed by atoms with Crippen LogP contribution in [0.3, 0.4) is 0 Å². The Morgan fingerprint density at radius 1 is 1.21 bits per heavy atom. The topological polar surface area (TPSA) is 95.3 Å². The van der Waals surface area contributed by atoms with Crippen LogP contribution in [0.4, 0.5) is 4.79 Å². The van der Waals surface area contributed by atoms with Gasteiger partial charge in [-0.05, 0) is 44.2 Å². The van der Waals surface area contributed by atoms with Crippen molar-refractivity contribution in [1.82, 2.24) is 19.9 Å². The molecule has 4 aromatic rings. The Balaban J connectivity index is 1.70. The van der Waals surface area contributed by atoms with E-state index in [-0.39, 0.29) is 6.03 Å². The van der Waals surface area contributed by atoms with Crippen molar-refractivity contribution in [2.24, 2.45) is 0 Å². The van der Waals surface area contributed by atoms with E-state index in [1.807, 2.05) is 25.1 Å². The number of fused-ring (bicyclic) bond motifs is 2. The first-order valence-electron chi connectivity index (χ1n) is 8.95. The zero-order valence-corrected chi connectivity index (χ0v) is 16.9. The number of carbonyl (C=O) groups excluding carboxylic acids is 2. The highest BCUT2D eigenvalue weighted by Crippen LogP contribution is 2.33. The zero-order valence-electron chi connectivity index (χ0n) is 16.1. The Kier molecular flexibility index (Phi) is 4.89. The number of benzene rings is 1. The molecule has 0 saturated heterocycles. The maximum Gasteiger partial charge on any atom is 0.348 e. The quantitative estimate of drug-likeness (QED) is 0.509. The normalized spacial score (nSPS) is 11.0. The number of nitrogens with one attached hydrogen (secondary N) is 1. The van der Waals surface area contributed by atoms with Crippen LogP contribution in [-0.4, -0.2) is 40.2 Å². The van der Waals surface area contributed by atoms with E-state index in [0.717, 1.165) is 16.6 Å². The van der Waals surface area contributed by atoms with Crippen LogP contribution in [-0.2, 0) is 4.74 Å². The van der Waals surface area contributed by atoms with E-state index in [0.29, 0.717) is 33.3 Å². The van der Waals surface area contributed by atoms with Gasteiger partial charge in [-0.15, -0.1) is 11.3 Å². The Labute approximate surface area is 170 Å². The molecule has 3 heterocycles. The number of hydrogen-bond acceptors (Lipinski definition) is 7. The third-order valence-corrected chi connectivity index (χ3v) is 5.38. The second kappa shape index (κ2) is 7.51. The SMILES string of the molecule is CCOC(=O)c1cc2c(Oc3ccc4c(c3)cc(C)n4C(=O)NC)ncnc2s1. The molecule has 0 aliphatic heterocycles. The van der Waals surface area contributed by atoms with Crippen LogP contribution in [0.2, 0.25) is 0 Å². The molecule has 1 N–H and O–H groups in total. The third-order valence-electron chi connectivity index (χ3n) is 4.36. The van der Waals surface area contributed by atoms with Gasteiger partial charge >= 0.3 is 12.0 Å². The maximum atomic E-state index is 12.1. The molecule has 0 saturated carbocycles. The minimum atomic E-state index is -0.395. The molecule has 8 nitrogen and oxygen atoms in total. The van der Waals surface area contributed by atoms with Gasteiger partial charge in [-0.3, -0.25) is 4.57 Å². The highest BCUT2D eigenvalue weighted by molar-refractivity contribution is 7.20. The van der Waals surface area contributed by atoms with Gasteiger partial charge < -0.3 is 14.8 Å². The highest BCUT2D eigenvalue weighted by Gasteiger charge is 2.17. The van der Waals surface area contributed by atoms with Crippen molar-refractivity contribution < 1.29 is 19.1 Å². The van der Waals surface area contributed by atoms with Gasteiger partial charge in [0.2, 0.25) is 5.88 Å². The largest absolute Gasteiger partial charge is 0.462 e. The van der Waals surface area contributed by atoms with Crippen LogP contribution in [0.15, 0.2) is 36.7 Å². The molecule has 29 heavy (non-hydrogen) atoms. The summed E-state index contributed by atoms with van der Waals surface area (Å²) < 4.78 is 12.6. The number of aryl methyl sites for hydroxylation is 1. The number of hydrogen-bond donors (Lipinski definition) is 1. The smallest absolute Gasteiger partial charge is 0.348 e. The summed E-state index contributed by atoms with van der Waals surface area (Å²) >= 11 is 1.23. The summed E-state index contributed by atoms with van der Waals surface area (Å²) in [4.78, 5) is 33.6. The number of rotatable bonds is 4. The Morgan fingerprint density at radius 2 is 2.03 bits per heavy atom. The lowest BCUT2D eigenvalue weighted by Gasteiger charge is -2.07. The molecule has 0 aliphatic carbocycles. The molecule has 0 aliphatic rings. The van der Waals surface area contributed by atoms with Crippen LogP contribution in [0.25, 0.3) is 21.1 Å². The van der Waals surface area contributed by atoms with Gasteiger partial charge in [0, 0.05) is 18.1 Å². The summed E-state index contributed by atoms with van der Waals surface area (Å²) in [5, 5.41) is 4.14. The third kappa shape index (κ3) is 3.40. The standard InChI is InChI=1S/C20H18N4O4S/c1-4-27-19(25)16-9-14-17(22-10-23-18(14)29-16)28-13-5-6-15-12(8-13)7-11(2)24(15)20(26)21-3/h5-10H,4H2,1-3H3,(H,21,26). The fourth-order valence-corrected chi connectivity index (χ4v) is 3.99. The van der Waals surface area contributed by atoms with Crippen molar-refractivity contribution in [2.45, 2.75) is 13.8 Å². The fourth-order valence-electron chi connectivity index (χ4n) is 3.11. The molecule has 0 unspecified atom stereocenters. The molecule has 0 spiro atoms. The van der Waals surface area contributed by atoms with Gasteiger partial charge in [0.25, 0.3) is 0 Å². The lowest BCUT2D eigenvalue weighted by atomic mass is 10.2. The molecule has 0 fully saturated rings. The van der Waals surface area contributed by atoms with E-state index in [9.17, 15) is 9.59 Å². The Morgan fingerprint density at radius 3 is 2.79 bits per heavy atom.